The molecule has 0 saturated carbocycles. The van der Waals surface area contributed by atoms with Crippen molar-refractivity contribution in [3.8, 4) is 17.3 Å². The Morgan fingerprint density at radius 1 is 1.26 bits per heavy atom. The van der Waals surface area contributed by atoms with Crippen LogP contribution in [0.4, 0.5) is 5.82 Å². The van der Waals surface area contributed by atoms with E-state index in [1.165, 1.54) is 7.11 Å². The fourth-order valence-corrected chi connectivity index (χ4v) is 2.03. The Balaban J connectivity index is 2.22. The first-order chi connectivity index (χ1) is 9.20. The smallest absolute Gasteiger partial charge is 0.182 e. The van der Waals surface area contributed by atoms with E-state index in [2.05, 4.69) is 15.1 Å². The number of hydrogen-bond donors (Lipinski definition) is 1. The van der Waals surface area contributed by atoms with E-state index in [9.17, 15) is 0 Å². The molecule has 0 saturated heterocycles. The number of aryl methyl sites for hydroxylation is 1. The Hall–Kier alpha value is -2.63. The zero-order valence-electron chi connectivity index (χ0n) is 10.7. The number of rotatable bonds is 2. The average Bonchev–Trinajstić information content (AvgIpc) is 2.77. The van der Waals surface area contributed by atoms with E-state index in [-0.39, 0.29) is 0 Å². The first-order valence-electron chi connectivity index (χ1n) is 5.79. The third-order valence-corrected chi connectivity index (χ3v) is 2.97. The number of nitrogens with zero attached hydrogens (tertiary/aromatic N) is 4. The van der Waals surface area contributed by atoms with Gasteiger partial charge in [-0.1, -0.05) is 18.2 Å². The van der Waals surface area contributed by atoms with E-state index < -0.39 is 0 Å². The molecule has 0 spiro atoms. The number of aromatic nitrogens is 4. The maximum absolute atomic E-state index is 5.81. The van der Waals surface area contributed by atoms with Gasteiger partial charge in [-0.15, -0.1) is 0 Å². The Morgan fingerprint density at radius 3 is 2.79 bits per heavy atom. The van der Waals surface area contributed by atoms with Gasteiger partial charge in [-0.25, -0.2) is 9.97 Å². The molecular formula is C13H13N5O. The van der Waals surface area contributed by atoms with Crippen LogP contribution in [0.3, 0.4) is 0 Å². The molecule has 96 valence electrons. The fourth-order valence-electron chi connectivity index (χ4n) is 2.03. The van der Waals surface area contributed by atoms with Crippen molar-refractivity contribution in [2.45, 2.75) is 0 Å². The number of hydrogen-bond acceptors (Lipinski definition) is 5. The molecule has 0 radical (unpaired) electrons. The lowest BCUT2D eigenvalue weighted by molar-refractivity contribution is 0.413. The molecule has 2 aromatic heterocycles. The molecule has 2 N–H and O–H groups in total. The second kappa shape index (κ2) is 4.24. The quantitative estimate of drug-likeness (QED) is 0.752. The number of nitrogens with two attached hydrogens (primary N) is 1. The molecule has 0 aliphatic heterocycles. The van der Waals surface area contributed by atoms with Crippen LogP contribution in [0, 0.1) is 0 Å². The molecule has 19 heavy (non-hydrogen) atoms. The molecule has 0 amide bonds. The average molecular weight is 255 g/mol. The Kier molecular flexibility index (Phi) is 2.56. The zero-order valence-corrected chi connectivity index (χ0v) is 10.7. The van der Waals surface area contributed by atoms with Gasteiger partial charge in [0.2, 0.25) is 0 Å². The minimum Gasteiger partial charge on any atom is -0.491 e. The summed E-state index contributed by atoms with van der Waals surface area (Å²) in [5.74, 6) is 1.27. The molecule has 6 nitrogen and oxygen atoms in total. The van der Waals surface area contributed by atoms with Crippen LogP contribution in [-0.4, -0.2) is 26.9 Å². The zero-order chi connectivity index (χ0) is 13.4. The van der Waals surface area contributed by atoms with Gasteiger partial charge in [0.1, 0.15) is 5.69 Å². The lowest BCUT2D eigenvalue weighted by Crippen LogP contribution is -2.00. The van der Waals surface area contributed by atoms with E-state index in [0.29, 0.717) is 23.1 Å². The molecule has 0 aliphatic rings. The molecule has 2 heterocycles. The van der Waals surface area contributed by atoms with Crippen molar-refractivity contribution < 1.29 is 4.74 Å². The highest BCUT2D eigenvalue weighted by molar-refractivity contribution is 5.91. The fraction of sp³-hybridized carbons (Fsp3) is 0.154. The molecule has 0 atom stereocenters. The molecular weight excluding hydrogens is 242 g/mol. The summed E-state index contributed by atoms with van der Waals surface area (Å²) in [5, 5.41) is 5.45. The highest BCUT2D eigenvalue weighted by Gasteiger charge is 2.14. The molecule has 1 aromatic carbocycles. The lowest BCUT2D eigenvalue weighted by Gasteiger charge is -2.03. The van der Waals surface area contributed by atoms with Crippen molar-refractivity contribution in [3.63, 3.8) is 0 Å². The summed E-state index contributed by atoms with van der Waals surface area (Å²) in [6.07, 6.45) is 1.56. The molecule has 0 aliphatic carbocycles. The number of anilines is 1. The van der Waals surface area contributed by atoms with Gasteiger partial charge in [0.25, 0.3) is 0 Å². The first-order valence-corrected chi connectivity index (χ1v) is 5.79. The molecule has 6 heteroatoms. The van der Waals surface area contributed by atoms with E-state index in [1.807, 2.05) is 31.3 Å². The van der Waals surface area contributed by atoms with Gasteiger partial charge in [-0.3, -0.25) is 4.68 Å². The van der Waals surface area contributed by atoms with E-state index in [1.54, 1.807) is 10.9 Å². The Labute approximate surface area is 109 Å². The molecule has 3 rings (SSSR count). The monoisotopic (exact) mass is 255 g/mol. The van der Waals surface area contributed by atoms with Gasteiger partial charge in [0, 0.05) is 12.4 Å². The van der Waals surface area contributed by atoms with Crippen molar-refractivity contribution >= 4 is 16.7 Å². The van der Waals surface area contributed by atoms with Gasteiger partial charge >= 0.3 is 0 Å². The molecule has 0 unspecified atom stereocenters. The van der Waals surface area contributed by atoms with Crippen LogP contribution in [0.15, 0.2) is 30.5 Å². The third kappa shape index (κ3) is 1.77. The highest BCUT2D eigenvalue weighted by Crippen LogP contribution is 2.27. The van der Waals surface area contributed by atoms with E-state index >= 15 is 0 Å². The van der Waals surface area contributed by atoms with Crippen molar-refractivity contribution in [3.05, 3.63) is 30.5 Å². The van der Waals surface area contributed by atoms with Crippen LogP contribution < -0.4 is 10.5 Å². The van der Waals surface area contributed by atoms with Crippen LogP contribution >= 0.6 is 0 Å². The molecule has 3 aromatic rings. The summed E-state index contributed by atoms with van der Waals surface area (Å²) >= 11 is 0. The summed E-state index contributed by atoms with van der Waals surface area (Å²) in [5.41, 5.74) is 7.55. The number of methoxy groups -OCH3 is 1. The number of para-hydroxylation sites is 1. The largest absolute Gasteiger partial charge is 0.491 e. The van der Waals surface area contributed by atoms with Gasteiger partial charge < -0.3 is 10.5 Å². The summed E-state index contributed by atoms with van der Waals surface area (Å²) in [4.78, 5) is 8.50. The summed E-state index contributed by atoms with van der Waals surface area (Å²) in [6, 6.07) is 7.91. The molecule has 0 fully saturated rings. The van der Waals surface area contributed by atoms with Crippen molar-refractivity contribution in [2.75, 3.05) is 12.8 Å². The van der Waals surface area contributed by atoms with Crippen LogP contribution in [0.1, 0.15) is 0 Å². The normalized spacial score (nSPS) is 10.8. The second-order valence-electron chi connectivity index (χ2n) is 4.14. The molecule has 0 bridgehead atoms. The van der Waals surface area contributed by atoms with Crippen LogP contribution in [0.2, 0.25) is 0 Å². The van der Waals surface area contributed by atoms with E-state index in [0.717, 1.165) is 10.9 Å². The summed E-state index contributed by atoms with van der Waals surface area (Å²) < 4.78 is 6.85. The van der Waals surface area contributed by atoms with Crippen molar-refractivity contribution in [1.29, 1.82) is 0 Å². The van der Waals surface area contributed by atoms with Gasteiger partial charge in [0.15, 0.2) is 17.4 Å². The highest BCUT2D eigenvalue weighted by atomic mass is 16.5. The predicted octanol–water partition coefficient (Wildman–Crippen LogP) is 1.62. The number of fused-ring (bicyclic) bond motifs is 1. The third-order valence-electron chi connectivity index (χ3n) is 2.97. The SMILES string of the molecule is COc1cnc(-c2nn(C)c3ccccc23)nc1N. The number of ether oxygens (including phenoxy) is 1. The summed E-state index contributed by atoms with van der Waals surface area (Å²) in [6.45, 7) is 0. The predicted molar refractivity (Wildman–Crippen MR) is 72.7 cm³/mol. The van der Waals surface area contributed by atoms with Crippen LogP contribution in [0.25, 0.3) is 22.4 Å². The minimum absolute atomic E-state index is 0.308. The topological polar surface area (TPSA) is 78.9 Å². The van der Waals surface area contributed by atoms with Gasteiger partial charge in [-0.05, 0) is 6.07 Å². The van der Waals surface area contributed by atoms with Crippen molar-refractivity contribution in [1.82, 2.24) is 19.7 Å². The van der Waals surface area contributed by atoms with Crippen molar-refractivity contribution in [2.24, 2.45) is 7.05 Å². The Morgan fingerprint density at radius 2 is 2.05 bits per heavy atom. The van der Waals surface area contributed by atoms with Gasteiger partial charge in [0.05, 0.1) is 18.8 Å². The number of benzene rings is 1. The second-order valence-corrected chi connectivity index (χ2v) is 4.14. The van der Waals surface area contributed by atoms with Crippen LogP contribution in [0.5, 0.6) is 5.75 Å². The standard InChI is InChI=1S/C13H13N5O/c1-18-9-6-4-3-5-8(9)11(17-18)13-15-7-10(19-2)12(14)16-13/h3-7H,1-2H3,(H2,14,15,16). The van der Waals surface area contributed by atoms with Gasteiger partial charge in [-0.2, -0.15) is 5.10 Å². The lowest BCUT2D eigenvalue weighted by atomic mass is 10.2. The maximum Gasteiger partial charge on any atom is 0.182 e. The first kappa shape index (κ1) is 11.5. The van der Waals surface area contributed by atoms with E-state index in [4.69, 9.17) is 10.5 Å². The summed E-state index contributed by atoms with van der Waals surface area (Å²) in [7, 11) is 3.42. The Bertz CT molecular complexity index is 750. The minimum atomic E-state index is 0.308. The number of nitrogen functional groups attached to an aromatic ring is 1. The van der Waals surface area contributed by atoms with Crippen LogP contribution in [-0.2, 0) is 7.05 Å². The maximum atomic E-state index is 5.81.